The van der Waals surface area contributed by atoms with E-state index in [1.807, 2.05) is 31.2 Å². The Kier molecular flexibility index (Phi) is 4.85. The quantitative estimate of drug-likeness (QED) is 0.576. The molecule has 1 aromatic carbocycles. The second-order valence-electron chi connectivity index (χ2n) is 4.45. The van der Waals surface area contributed by atoms with Crippen LogP contribution in [0.1, 0.15) is 17.7 Å². The molecule has 0 saturated heterocycles. The normalized spacial score (nSPS) is 13.9. The summed E-state index contributed by atoms with van der Waals surface area (Å²) < 4.78 is 1.03. The van der Waals surface area contributed by atoms with E-state index in [0.717, 1.165) is 10.0 Å². The number of hydrogen-bond donors (Lipinski definition) is 3. The van der Waals surface area contributed by atoms with Gasteiger partial charge in [-0.2, -0.15) is 0 Å². The number of nitrogens with zero attached hydrogens (tertiary/aromatic N) is 2. The number of benzene rings is 1. The molecule has 7 heteroatoms. The molecule has 0 aliphatic rings. The van der Waals surface area contributed by atoms with Gasteiger partial charge in [-0.1, -0.05) is 39.8 Å². The van der Waals surface area contributed by atoms with Crippen LogP contribution in [0.4, 0.5) is 11.6 Å². The summed E-state index contributed by atoms with van der Waals surface area (Å²) in [6.07, 6.45) is 0. The Morgan fingerprint density at radius 2 is 1.65 bits per heavy atom. The highest BCUT2D eigenvalue weighted by molar-refractivity contribution is 9.10. The predicted octanol–water partition coefficient (Wildman–Crippen LogP) is 2.58. The minimum atomic E-state index is -0.0626. The monoisotopic (exact) mass is 353 g/mol. The largest absolute Gasteiger partial charge is 0.383 e. The fourth-order valence-corrected chi connectivity index (χ4v) is 3.08. The highest BCUT2D eigenvalue weighted by atomic mass is 79.9. The predicted molar refractivity (Wildman–Crippen MR) is 87.2 cm³/mol. The van der Waals surface area contributed by atoms with Gasteiger partial charge in [-0.05, 0) is 24.6 Å². The van der Waals surface area contributed by atoms with Gasteiger partial charge in [0, 0.05) is 16.6 Å². The molecule has 0 amide bonds. The lowest BCUT2D eigenvalue weighted by molar-refractivity contribution is 0.718. The Hall–Kier alpha value is -1.31. The van der Waals surface area contributed by atoms with Gasteiger partial charge in [0.25, 0.3) is 0 Å². The molecule has 2 unspecified atom stereocenters. The van der Waals surface area contributed by atoms with Crippen molar-refractivity contribution in [1.29, 1.82) is 0 Å². The zero-order valence-electron chi connectivity index (χ0n) is 11.0. The Morgan fingerprint density at radius 3 is 2.15 bits per heavy atom. The smallest absolute Gasteiger partial charge is 0.192 e. The average molecular weight is 354 g/mol. The summed E-state index contributed by atoms with van der Waals surface area (Å²) in [6, 6.07) is 9.50. The fraction of sp³-hybridized carbons (Fsp3) is 0.231. The van der Waals surface area contributed by atoms with E-state index in [9.17, 15) is 0 Å². The number of nitrogen functional groups attached to an aromatic ring is 2. The third-order valence-corrected chi connectivity index (χ3v) is 4.53. The minimum Gasteiger partial charge on any atom is -0.383 e. The molecule has 5 nitrogen and oxygen atoms in total. The van der Waals surface area contributed by atoms with Crippen molar-refractivity contribution < 1.29 is 0 Å². The zero-order valence-corrected chi connectivity index (χ0v) is 13.4. The molecule has 0 aliphatic carbocycles. The van der Waals surface area contributed by atoms with Gasteiger partial charge < -0.3 is 17.2 Å². The van der Waals surface area contributed by atoms with Gasteiger partial charge >= 0.3 is 0 Å². The third-order valence-electron chi connectivity index (χ3n) is 2.65. The molecule has 0 spiro atoms. The first-order chi connectivity index (χ1) is 9.45. The molecule has 0 saturated carbocycles. The first kappa shape index (κ1) is 15.1. The molecule has 20 heavy (non-hydrogen) atoms. The van der Waals surface area contributed by atoms with E-state index in [2.05, 4.69) is 25.9 Å². The van der Waals surface area contributed by atoms with Gasteiger partial charge in [0.1, 0.15) is 11.6 Å². The number of halogens is 1. The van der Waals surface area contributed by atoms with Crippen LogP contribution >= 0.6 is 27.7 Å². The molecule has 0 radical (unpaired) electrons. The van der Waals surface area contributed by atoms with Gasteiger partial charge in [0.05, 0.1) is 5.25 Å². The van der Waals surface area contributed by atoms with Crippen molar-refractivity contribution in [1.82, 2.24) is 9.97 Å². The van der Waals surface area contributed by atoms with Crippen LogP contribution < -0.4 is 17.2 Å². The van der Waals surface area contributed by atoms with Crippen LogP contribution in [0.3, 0.4) is 0 Å². The van der Waals surface area contributed by atoms with Gasteiger partial charge in [-0.3, -0.25) is 0 Å². The van der Waals surface area contributed by atoms with Crippen molar-refractivity contribution >= 4 is 39.3 Å². The van der Waals surface area contributed by atoms with Crippen molar-refractivity contribution in [2.24, 2.45) is 5.73 Å². The van der Waals surface area contributed by atoms with Crippen LogP contribution in [0.2, 0.25) is 0 Å². The Balaban J connectivity index is 2.27. The minimum absolute atomic E-state index is 0.0318. The van der Waals surface area contributed by atoms with E-state index in [1.54, 1.807) is 0 Å². The fourth-order valence-electron chi connectivity index (χ4n) is 1.76. The third kappa shape index (κ3) is 3.84. The lowest BCUT2D eigenvalue weighted by Gasteiger charge is -2.20. The molecule has 1 heterocycles. The molecule has 1 aromatic heterocycles. The number of aromatic nitrogens is 2. The number of hydrogen-bond acceptors (Lipinski definition) is 6. The maximum atomic E-state index is 6.08. The van der Waals surface area contributed by atoms with Crippen molar-refractivity contribution in [3.8, 4) is 0 Å². The Morgan fingerprint density at radius 1 is 1.10 bits per heavy atom. The van der Waals surface area contributed by atoms with Crippen molar-refractivity contribution in [3.05, 3.63) is 40.4 Å². The Labute approximate surface area is 130 Å². The molecule has 2 atom stereocenters. The molecule has 0 fully saturated rings. The van der Waals surface area contributed by atoms with Gasteiger partial charge in [0.15, 0.2) is 5.16 Å². The van der Waals surface area contributed by atoms with E-state index < -0.39 is 0 Å². The molecular weight excluding hydrogens is 338 g/mol. The first-order valence-electron chi connectivity index (χ1n) is 6.03. The molecule has 0 bridgehead atoms. The molecule has 106 valence electrons. The Bertz CT molecular complexity index is 568. The second-order valence-corrected chi connectivity index (χ2v) is 6.47. The topological polar surface area (TPSA) is 104 Å². The molecule has 0 aliphatic heterocycles. The summed E-state index contributed by atoms with van der Waals surface area (Å²) in [5.41, 5.74) is 18.6. The van der Waals surface area contributed by atoms with E-state index in [4.69, 9.17) is 17.2 Å². The summed E-state index contributed by atoms with van der Waals surface area (Å²) in [6.45, 7) is 1.95. The highest BCUT2D eigenvalue weighted by Gasteiger charge is 2.19. The summed E-state index contributed by atoms with van der Waals surface area (Å²) >= 11 is 4.88. The average Bonchev–Trinajstić information content (AvgIpc) is 2.36. The van der Waals surface area contributed by atoms with Crippen LogP contribution in [-0.4, -0.2) is 16.0 Å². The van der Waals surface area contributed by atoms with E-state index >= 15 is 0 Å². The summed E-state index contributed by atoms with van der Waals surface area (Å²) in [7, 11) is 0. The lowest BCUT2D eigenvalue weighted by atomic mass is 10.1. The zero-order chi connectivity index (χ0) is 14.7. The molecule has 6 N–H and O–H groups in total. The molecular formula is C13H16BrN5S. The number of thioether (sulfide) groups is 1. The summed E-state index contributed by atoms with van der Waals surface area (Å²) in [4.78, 5) is 8.37. The standard InChI is InChI=1S/C13H16BrN5S/c1-7(15)12(8-2-4-9(14)5-3-8)20-13-18-10(16)6-11(17)19-13/h2-7,12H,15H2,1H3,(H4,16,17,18,19). The molecule has 2 aromatic rings. The van der Waals surface area contributed by atoms with Gasteiger partial charge in [-0.15, -0.1) is 0 Å². The first-order valence-corrected chi connectivity index (χ1v) is 7.70. The van der Waals surface area contributed by atoms with Crippen LogP contribution in [0.25, 0.3) is 0 Å². The lowest BCUT2D eigenvalue weighted by Crippen LogP contribution is -2.22. The summed E-state index contributed by atoms with van der Waals surface area (Å²) in [5.74, 6) is 0.721. The van der Waals surface area contributed by atoms with Gasteiger partial charge in [-0.25, -0.2) is 9.97 Å². The van der Waals surface area contributed by atoms with Crippen molar-refractivity contribution in [2.75, 3.05) is 11.5 Å². The van der Waals surface area contributed by atoms with Crippen molar-refractivity contribution in [2.45, 2.75) is 23.4 Å². The SMILES string of the molecule is CC(N)C(Sc1nc(N)cc(N)n1)c1ccc(Br)cc1. The summed E-state index contributed by atoms with van der Waals surface area (Å²) in [5, 5.41) is 0.567. The van der Waals surface area contributed by atoms with Crippen LogP contribution in [0.15, 0.2) is 40.0 Å². The van der Waals surface area contributed by atoms with Crippen LogP contribution in [0, 0.1) is 0 Å². The van der Waals surface area contributed by atoms with Crippen molar-refractivity contribution in [3.63, 3.8) is 0 Å². The van der Waals surface area contributed by atoms with Crippen LogP contribution in [0.5, 0.6) is 0 Å². The molecule has 2 rings (SSSR count). The number of anilines is 2. The number of rotatable bonds is 4. The highest BCUT2D eigenvalue weighted by Crippen LogP contribution is 2.36. The number of nitrogens with two attached hydrogens (primary N) is 3. The van der Waals surface area contributed by atoms with Gasteiger partial charge in [0.2, 0.25) is 0 Å². The van der Waals surface area contributed by atoms with Crippen LogP contribution in [-0.2, 0) is 0 Å². The maximum Gasteiger partial charge on any atom is 0.192 e. The second kappa shape index (κ2) is 6.43. The van der Waals surface area contributed by atoms with E-state index in [1.165, 1.54) is 17.8 Å². The van der Waals surface area contributed by atoms with E-state index in [-0.39, 0.29) is 11.3 Å². The maximum absolute atomic E-state index is 6.08. The van der Waals surface area contributed by atoms with E-state index in [0.29, 0.717) is 16.8 Å².